The van der Waals surface area contributed by atoms with E-state index in [4.69, 9.17) is 4.74 Å². The molecule has 19 heavy (non-hydrogen) atoms. The van der Waals surface area contributed by atoms with Gasteiger partial charge in [-0.15, -0.1) is 0 Å². The van der Waals surface area contributed by atoms with Gasteiger partial charge in [-0.2, -0.15) is 0 Å². The lowest BCUT2D eigenvalue weighted by Gasteiger charge is -2.14. The molecule has 0 radical (unpaired) electrons. The number of nitrogens with one attached hydrogen (secondary N) is 2. The largest absolute Gasteiger partial charge is 0.497 e. The van der Waals surface area contributed by atoms with E-state index in [9.17, 15) is 4.39 Å². The van der Waals surface area contributed by atoms with Crippen molar-refractivity contribution in [2.75, 3.05) is 24.8 Å². The summed E-state index contributed by atoms with van der Waals surface area (Å²) < 4.78 is 18.7. The summed E-state index contributed by atoms with van der Waals surface area (Å²) in [5.74, 6) is 0.480. The summed E-state index contributed by atoms with van der Waals surface area (Å²) in [6.07, 6.45) is 0. The summed E-state index contributed by atoms with van der Waals surface area (Å²) in [5, 5.41) is 6.18. The Hall–Kier alpha value is -2.23. The van der Waals surface area contributed by atoms with Gasteiger partial charge in [0.05, 0.1) is 7.11 Å². The Morgan fingerprint density at radius 3 is 2.53 bits per heavy atom. The van der Waals surface area contributed by atoms with E-state index in [0.29, 0.717) is 0 Å². The summed E-state index contributed by atoms with van der Waals surface area (Å²) in [6.45, 7) is 1.94. The van der Waals surface area contributed by atoms with Gasteiger partial charge in [0.25, 0.3) is 0 Å². The fourth-order valence-electron chi connectivity index (χ4n) is 1.92. The van der Waals surface area contributed by atoms with Crippen LogP contribution in [0.5, 0.6) is 5.75 Å². The lowest BCUT2D eigenvalue weighted by molar-refractivity contribution is 0.415. The van der Waals surface area contributed by atoms with Gasteiger partial charge in [0.15, 0.2) is 0 Å². The van der Waals surface area contributed by atoms with Gasteiger partial charge in [-0.3, -0.25) is 0 Å². The van der Waals surface area contributed by atoms with Crippen molar-refractivity contribution < 1.29 is 9.13 Å². The average Bonchev–Trinajstić information content (AvgIpc) is 2.42. The number of ether oxygens (including phenoxy) is 1. The number of rotatable bonds is 4. The summed E-state index contributed by atoms with van der Waals surface area (Å²) in [7, 11) is 3.39. The molecule has 0 aromatic heterocycles. The summed E-state index contributed by atoms with van der Waals surface area (Å²) >= 11 is 0. The van der Waals surface area contributed by atoms with E-state index in [2.05, 4.69) is 10.6 Å². The second-order valence-corrected chi connectivity index (χ2v) is 4.23. The molecule has 0 saturated heterocycles. The molecular weight excluding hydrogens is 243 g/mol. The van der Waals surface area contributed by atoms with Crippen LogP contribution < -0.4 is 15.4 Å². The first kappa shape index (κ1) is 13.2. The molecule has 0 saturated carbocycles. The summed E-state index contributed by atoms with van der Waals surface area (Å²) in [6, 6.07) is 10.5. The molecule has 0 aliphatic heterocycles. The van der Waals surface area contributed by atoms with E-state index in [0.717, 1.165) is 28.4 Å². The highest BCUT2D eigenvalue weighted by atomic mass is 19.1. The van der Waals surface area contributed by atoms with Crippen LogP contribution in [0.1, 0.15) is 5.56 Å². The smallest absolute Gasteiger partial charge is 0.127 e. The van der Waals surface area contributed by atoms with Crippen molar-refractivity contribution in [2.24, 2.45) is 0 Å². The Kier molecular flexibility index (Phi) is 3.90. The second-order valence-electron chi connectivity index (χ2n) is 4.23. The zero-order valence-corrected chi connectivity index (χ0v) is 11.3. The predicted molar refractivity (Wildman–Crippen MR) is 77.0 cm³/mol. The van der Waals surface area contributed by atoms with E-state index in [1.165, 1.54) is 12.1 Å². The Morgan fingerprint density at radius 2 is 1.84 bits per heavy atom. The number of hydrogen-bond donors (Lipinski definition) is 2. The number of hydrogen-bond acceptors (Lipinski definition) is 3. The van der Waals surface area contributed by atoms with E-state index < -0.39 is 0 Å². The molecule has 4 heteroatoms. The molecule has 2 N–H and O–H groups in total. The monoisotopic (exact) mass is 260 g/mol. The van der Waals surface area contributed by atoms with Crippen LogP contribution in [-0.2, 0) is 0 Å². The highest BCUT2D eigenvalue weighted by Gasteiger charge is 2.07. The normalized spacial score (nSPS) is 10.1. The van der Waals surface area contributed by atoms with Crippen LogP contribution in [0.2, 0.25) is 0 Å². The predicted octanol–water partition coefficient (Wildman–Crippen LogP) is 3.93. The van der Waals surface area contributed by atoms with Gasteiger partial charge in [-0.1, -0.05) is 6.07 Å². The van der Waals surface area contributed by atoms with E-state index in [-0.39, 0.29) is 5.82 Å². The molecule has 0 spiro atoms. The second kappa shape index (κ2) is 5.61. The van der Waals surface area contributed by atoms with E-state index in [1.54, 1.807) is 14.2 Å². The van der Waals surface area contributed by atoms with Crippen molar-refractivity contribution in [1.29, 1.82) is 0 Å². The minimum atomic E-state index is -0.277. The maximum absolute atomic E-state index is 13.5. The van der Waals surface area contributed by atoms with Gasteiger partial charge in [-0.05, 0) is 36.8 Å². The first-order chi connectivity index (χ1) is 9.13. The SMILES string of the molecule is CNc1cc(F)cc(Nc2cccc(OC)c2)c1C. The zero-order valence-electron chi connectivity index (χ0n) is 11.3. The number of benzene rings is 2. The van der Waals surface area contributed by atoms with Crippen LogP contribution >= 0.6 is 0 Å². The maximum Gasteiger partial charge on any atom is 0.127 e. The lowest BCUT2D eigenvalue weighted by Crippen LogP contribution is -1.99. The quantitative estimate of drug-likeness (QED) is 0.874. The van der Waals surface area contributed by atoms with Crippen LogP contribution in [0, 0.1) is 12.7 Å². The molecule has 2 rings (SSSR count). The van der Waals surface area contributed by atoms with Crippen LogP contribution in [0.15, 0.2) is 36.4 Å². The van der Waals surface area contributed by atoms with Crippen LogP contribution in [0.25, 0.3) is 0 Å². The molecular formula is C15H17FN2O. The molecule has 0 aliphatic rings. The third-order valence-electron chi connectivity index (χ3n) is 2.99. The highest BCUT2D eigenvalue weighted by Crippen LogP contribution is 2.29. The van der Waals surface area contributed by atoms with Crippen LogP contribution in [0.3, 0.4) is 0 Å². The molecule has 0 unspecified atom stereocenters. The van der Waals surface area contributed by atoms with E-state index >= 15 is 0 Å². The first-order valence-corrected chi connectivity index (χ1v) is 6.03. The van der Waals surface area contributed by atoms with Gasteiger partial charge in [0, 0.05) is 30.2 Å². The standard InChI is InChI=1S/C15H17FN2O/c1-10-14(17-2)7-11(16)8-15(10)18-12-5-4-6-13(9-12)19-3/h4-9,17-18H,1-3H3. The van der Waals surface area contributed by atoms with Gasteiger partial charge in [-0.25, -0.2) is 4.39 Å². The van der Waals surface area contributed by atoms with Gasteiger partial charge in [0.2, 0.25) is 0 Å². The Morgan fingerprint density at radius 1 is 1.11 bits per heavy atom. The van der Waals surface area contributed by atoms with Crippen LogP contribution in [-0.4, -0.2) is 14.2 Å². The Bertz CT molecular complexity index is 584. The van der Waals surface area contributed by atoms with Crippen molar-refractivity contribution in [1.82, 2.24) is 0 Å². The number of methoxy groups -OCH3 is 1. The minimum absolute atomic E-state index is 0.277. The molecule has 0 bridgehead atoms. The third-order valence-corrected chi connectivity index (χ3v) is 2.99. The molecule has 2 aromatic rings. The van der Waals surface area contributed by atoms with Crippen LogP contribution in [0.4, 0.5) is 21.5 Å². The fraction of sp³-hybridized carbons (Fsp3) is 0.200. The van der Waals surface area contributed by atoms with Gasteiger partial charge >= 0.3 is 0 Å². The third kappa shape index (κ3) is 2.96. The molecule has 100 valence electrons. The fourth-order valence-corrected chi connectivity index (χ4v) is 1.92. The Balaban J connectivity index is 2.34. The summed E-state index contributed by atoms with van der Waals surface area (Å²) in [5.41, 5.74) is 3.32. The molecule has 0 atom stereocenters. The number of halogens is 1. The van der Waals surface area contributed by atoms with Crippen molar-refractivity contribution in [3.8, 4) is 5.75 Å². The minimum Gasteiger partial charge on any atom is -0.497 e. The zero-order chi connectivity index (χ0) is 13.8. The maximum atomic E-state index is 13.5. The molecule has 0 fully saturated rings. The lowest BCUT2D eigenvalue weighted by atomic mass is 10.1. The highest BCUT2D eigenvalue weighted by molar-refractivity contribution is 5.71. The topological polar surface area (TPSA) is 33.3 Å². The molecule has 3 nitrogen and oxygen atoms in total. The average molecular weight is 260 g/mol. The van der Waals surface area contributed by atoms with Crippen molar-refractivity contribution in [2.45, 2.75) is 6.92 Å². The Labute approximate surface area is 112 Å². The molecule has 0 heterocycles. The van der Waals surface area contributed by atoms with Crippen molar-refractivity contribution in [3.63, 3.8) is 0 Å². The molecule has 0 aliphatic carbocycles. The summed E-state index contributed by atoms with van der Waals surface area (Å²) in [4.78, 5) is 0. The number of anilines is 3. The first-order valence-electron chi connectivity index (χ1n) is 6.03. The molecule has 0 amide bonds. The van der Waals surface area contributed by atoms with E-state index in [1.807, 2.05) is 31.2 Å². The van der Waals surface area contributed by atoms with Crippen molar-refractivity contribution in [3.05, 3.63) is 47.8 Å². The molecule has 2 aromatic carbocycles. The van der Waals surface area contributed by atoms with Gasteiger partial charge in [0.1, 0.15) is 11.6 Å². The van der Waals surface area contributed by atoms with Crippen molar-refractivity contribution >= 4 is 17.1 Å². The van der Waals surface area contributed by atoms with Gasteiger partial charge < -0.3 is 15.4 Å².